The van der Waals surface area contributed by atoms with E-state index in [0.29, 0.717) is 35.4 Å². The van der Waals surface area contributed by atoms with Crippen molar-refractivity contribution in [2.75, 3.05) is 19.3 Å². The van der Waals surface area contributed by atoms with E-state index in [9.17, 15) is 9.90 Å². The molecule has 1 saturated heterocycles. The zero-order valence-electron chi connectivity index (χ0n) is 14.5. The van der Waals surface area contributed by atoms with Gasteiger partial charge in [-0.1, -0.05) is 24.0 Å². The predicted molar refractivity (Wildman–Crippen MR) is 99.1 cm³/mol. The normalized spacial score (nSPS) is 19.2. The molecule has 0 aliphatic carbocycles. The highest BCUT2D eigenvalue weighted by Crippen LogP contribution is 2.23. The second-order valence-corrected chi connectivity index (χ2v) is 6.35. The summed E-state index contributed by atoms with van der Waals surface area (Å²) in [5.74, 6) is 5.49. The summed E-state index contributed by atoms with van der Waals surface area (Å²) in [5, 5.41) is 10.4. The molecular formula is C19H16N6O2. The molecule has 0 bridgehead atoms. The number of fused-ring (bicyclic) bond motifs is 1. The second-order valence-electron chi connectivity index (χ2n) is 6.35. The number of carbonyl (C=O) groups is 1. The number of anilines is 1. The number of rotatable bonds is 1. The molecular weight excluding hydrogens is 344 g/mol. The van der Waals surface area contributed by atoms with Gasteiger partial charge in [0, 0.05) is 31.1 Å². The van der Waals surface area contributed by atoms with Crippen LogP contribution in [-0.4, -0.2) is 55.0 Å². The first-order valence-electron chi connectivity index (χ1n) is 8.31. The Kier molecular flexibility index (Phi) is 3.94. The fraction of sp³-hybridized carbons (Fsp3) is 0.211. The SMILES string of the molecule is CN1CCC(O)(C#Cc2cccc(-c3cnc4ncnc(N)c4n3)c2)C1=O. The van der Waals surface area contributed by atoms with Gasteiger partial charge in [-0.15, -0.1) is 0 Å². The van der Waals surface area contributed by atoms with Gasteiger partial charge in [-0.25, -0.2) is 19.9 Å². The first kappa shape index (κ1) is 16.9. The van der Waals surface area contributed by atoms with Crippen LogP contribution >= 0.6 is 0 Å². The molecule has 8 nitrogen and oxygen atoms in total. The number of nitrogens with zero attached hydrogens (tertiary/aromatic N) is 5. The van der Waals surface area contributed by atoms with Crippen LogP contribution in [0.1, 0.15) is 12.0 Å². The van der Waals surface area contributed by atoms with Crippen molar-refractivity contribution in [2.24, 2.45) is 0 Å². The van der Waals surface area contributed by atoms with E-state index >= 15 is 0 Å². The first-order valence-corrected chi connectivity index (χ1v) is 8.31. The van der Waals surface area contributed by atoms with Crippen LogP contribution < -0.4 is 5.73 Å². The Bertz CT molecular complexity index is 1120. The van der Waals surface area contributed by atoms with Gasteiger partial charge in [-0.3, -0.25) is 4.79 Å². The highest BCUT2D eigenvalue weighted by atomic mass is 16.3. The minimum Gasteiger partial charge on any atom is -0.382 e. The zero-order valence-corrected chi connectivity index (χ0v) is 14.5. The molecule has 3 aromatic rings. The summed E-state index contributed by atoms with van der Waals surface area (Å²) in [6.07, 6.45) is 3.24. The van der Waals surface area contributed by atoms with Gasteiger partial charge >= 0.3 is 0 Å². The van der Waals surface area contributed by atoms with E-state index in [1.807, 2.05) is 18.2 Å². The highest BCUT2D eigenvalue weighted by molar-refractivity contribution is 5.90. The average molecular weight is 360 g/mol. The number of aromatic nitrogens is 4. The predicted octanol–water partition coefficient (Wildman–Crippen LogP) is 0.614. The number of likely N-dealkylation sites (N-methyl/N-ethyl adjacent to an activating group) is 1. The maximum Gasteiger partial charge on any atom is 0.267 e. The molecule has 3 heterocycles. The molecule has 134 valence electrons. The molecule has 1 unspecified atom stereocenters. The van der Waals surface area contributed by atoms with Crippen molar-refractivity contribution < 1.29 is 9.90 Å². The third-order valence-electron chi connectivity index (χ3n) is 4.45. The molecule has 3 N–H and O–H groups in total. The molecule has 2 aromatic heterocycles. The summed E-state index contributed by atoms with van der Waals surface area (Å²) < 4.78 is 0. The van der Waals surface area contributed by atoms with E-state index in [4.69, 9.17) is 5.73 Å². The lowest BCUT2D eigenvalue weighted by atomic mass is 10.0. The molecule has 0 saturated carbocycles. The Hall–Kier alpha value is -3.57. The van der Waals surface area contributed by atoms with Crippen molar-refractivity contribution >= 4 is 22.9 Å². The van der Waals surface area contributed by atoms with Crippen LogP contribution in [0.25, 0.3) is 22.4 Å². The van der Waals surface area contributed by atoms with Crippen LogP contribution in [0.2, 0.25) is 0 Å². The third kappa shape index (κ3) is 3.05. The Morgan fingerprint density at radius 2 is 2.15 bits per heavy atom. The molecule has 1 fully saturated rings. The van der Waals surface area contributed by atoms with Gasteiger partial charge in [0.2, 0.25) is 5.60 Å². The molecule has 1 atom stereocenters. The minimum atomic E-state index is -1.63. The van der Waals surface area contributed by atoms with Crippen molar-refractivity contribution in [3.8, 4) is 23.1 Å². The van der Waals surface area contributed by atoms with Crippen LogP contribution in [0.15, 0.2) is 36.8 Å². The summed E-state index contributed by atoms with van der Waals surface area (Å²) in [5.41, 5.74) is 7.11. The number of amides is 1. The van der Waals surface area contributed by atoms with E-state index in [2.05, 4.69) is 31.8 Å². The summed E-state index contributed by atoms with van der Waals surface area (Å²) in [4.78, 5) is 30.2. The van der Waals surface area contributed by atoms with Gasteiger partial charge < -0.3 is 15.7 Å². The van der Waals surface area contributed by atoms with Crippen molar-refractivity contribution in [1.82, 2.24) is 24.8 Å². The van der Waals surface area contributed by atoms with E-state index in [0.717, 1.165) is 5.56 Å². The average Bonchev–Trinajstić information content (AvgIpc) is 2.95. The summed E-state index contributed by atoms with van der Waals surface area (Å²) in [6.45, 7) is 0.486. The lowest BCUT2D eigenvalue weighted by molar-refractivity contribution is -0.137. The fourth-order valence-corrected chi connectivity index (χ4v) is 2.90. The quantitative estimate of drug-likeness (QED) is 0.611. The fourth-order valence-electron chi connectivity index (χ4n) is 2.90. The first-order chi connectivity index (χ1) is 13.0. The topological polar surface area (TPSA) is 118 Å². The summed E-state index contributed by atoms with van der Waals surface area (Å²) in [6, 6.07) is 7.30. The molecule has 1 aromatic carbocycles. The van der Waals surface area contributed by atoms with Crippen molar-refractivity contribution in [3.05, 3.63) is 42.4 Å². The highest BCUT2D eigenvalue weighted by Gasteiger charge is 2.42. The molecule has 1 aliphatic heterocycles. The van der Waals surface area contributed by atoms with Crippen LogP contribution in [0.4, 0.5) is 5.82 Å². The lowest BCUT2D eigenvalue weighted by Crippen LogP contribution is -2.37. The number of benzene rings is 1. The van der Waals surface area contributed by atoms with Crippen molar-refractivity contribution in [1.29, 1.82) is 0 Å². The largest absolute Gasteiger partial charge is 0.382 e. The molecule has 8 heteroatoms. The molecule has 27 heavy (non-hydrogen) atoms. The van der Waals surface area contributed by atoms with Crippen molar-refractivity contribution in [3.63, 3.8) is 0 Å². The van der Waals surface area contributed by atoms with Gasteiger partial charge in [0.05, 0.1) is 11.9 Å². The Morgan fingerprint density at radius 3 is 2.93 bits per heavy atom. The van der Waals surface area contributed by atoms with E-state index in [1.54, 1.807) is 19.3 Å². The molecule has 1 aliphatic rings. The van der Waals surface area contributed by atoms with Crippen LogP contribution in [0.5, 0.6) is 0 Å². The smallest absolute Gasteiger partial charge is 0.267 e. The number of nitrogens with two attached hydrogens (primary N) is 1. The number of hydrogen-bond acceptors (Lipinski definition) is 7. The van der Waals surface area contributed by atoms with E-state index in [1.165, 1.54) is 11.2 Å². The zero-order chi connectivity index (χ0) is 19.0. The summed E-state index contributed by atoms with van der Waals surface area (Å²) >= 11 is 0. The van der Waals surface area contributed by atoms with Gasteiger partial charge in [0.1, 0.15) is 6.33 Å². The van der Waals surface area contributed by atoms with Crippen LogP contribution in [-0.2, 0) is 4.79 Å². The van der Waals surface area contributed by atoms with Crippen LogP contribution in [0.3, 0.4) is 0 Å². The molecule has 1 amide bonds. The number of nitrogen functional groups attached to an aromatic ring is 1. The number of hydrogen-bond donors (Lipinski definition) is 2. The van der Waals surface area contributed by atoms with E-state index < -0.39 is 5.60 Å². The Morgan fingerprint density at radius 1 is 1.30 bits per heavy atom. The summed E-state index contributed by atoms with van der Waals surface area (Å²) in [7, 11) is 1.65. The van der Waals surface area contributed by atoms with Gasteiger partial charge in [-0.05, 0) is 12.1 Å². The van der Waals surface area contributed by atoms with Gasteiger partial charge in [0.15, 0.2) is 17.0 Å². The standard InChI is InChI=1S/C19H16N6O2/c1-25-8-7-19(27,18(25)26)6-5-12-3-2-4-13(9-12)14-10-21-17-15(24-14)16(20)22-11-23-17/h2-4,9-11,27H,7-8H2,1H3,(H2,20,21,22,23). The van der Waals surface area contributed by atoms with Gasteiger partial charge in [0.25, 0.3) is 5.91 Å². The Balaban J connectivity index is 1.69. The molecule has 0 radical (unpaired) electrons. The monoisotopic (exact) mass is 360 g/mol. The number of aliphatic hydroxyl groups is 1. The van der Waals surface area contributed by atoms with E-state index in [-0.39, 0.29) is 11.7 Å². The van der Waals surface area contributed by atoms with Gasteiger partial charge in [-0.2, -0.15) is 0 Å². The third-order valence-corrected chi connectivity index (χ3v) is 4.45. The molecule has 0 spiro atoms. The second kappa shape index (κ2) is 6.30. The number of carbonyl (C=O) groups excluding carboxylic acids is 1. The maximum atomic E-state index is 12.0. The molecule has 4 rings (SSSR count). The van der Waals surface area contributed by atoms with Crippen LogP contribution in [0, 0.1) is 11.8 Å². The van der Waals surface area contributed by atoms with Crippen molar-refractivity contribution in [2.45, 2.75) is 12.0 Å². The number of likely N-dealkylation sites (tertiary alicyclic amines) is 1. The Labute approximate surface area is 155 Å². The minimum absolute atomic E-state index is 0.261. The lowest BCUT2D eigenvalue weighted by Gasteiger charge is -2.13. The maximum absolute atomic E-state index is 12.0.